The molecule has 0 saturated heterocycles. The van der Waals surface area contributed by atoms with E-state index in [1.807, 2.05) is 0 Å². The fourth-order valence-corrected chi connectivity index (χ4v) is 1.81. The highest BCUT2D eigenvalue weighted by Crippen LogP contribution is 2.16. The highest BCUT2D eigenvalue weighted by molar-refractivity contribution is 7.90. The third-order valence-corrected chi connectivity index (χ3v) is 2.70. The Morgan fingerprint density at radius 1 is 1.42 bits per heavy atom. The van der Waals surface area contributed by atoms with Gasteiger partial charge in [-0.1, -0.05) is 6.07 Å². The molecule has 1 rings (SSSR count). The number of nitrogens with one attached hydrogen (secondary N) is 2. The Labute approximate surface area is 111 Å². The van der Waals surface area contributed by atoms with Crippen molar-refractivity contribution in [3.8, 4) is 0 Å². The van der Waals surface area contributed by atoms with Gasteiger partial charge in [0.25, 0.3) is 16.1 Å². The van der Waals surface area contributed by atoms with E-state index < -0.39 is 22.2 Å². The van der Waals surface area contributed by atoms with Gasteiger partial charge in [-0.05, 0) is 18.2 Å². The largest absolute Gasteiger partial charge is 0.370 e. The molecule has 1 amide bonds. The van der Waals surface area contributed by atoms with Gasteiger partial charge in [0.2, 0.25) is 0 Å². The van der Waals surface area contributed by atoms with E-state index in [1.54, 1.807) is 12.1 Å². The maximum absolute atomic E-state index is 11.7. The van der Waals surface area contributed by atoms with Gasteiger partial charge in [0.1, 0.15) is 6.10 Å². The van der Waals surface area contributed by atoms with E-state index in [0.29, 0.717) is 5.69 Å². The molecule has 106 valence electrons. The second-order valence-corrected chi connectivity index (χ2v) is 4.97. The van der Waals surface area contributed by atoms with E-state index in [9.17, 15) is 13.2 Å². The molecule has 0 fully saturated rings. The average molecular weight is 288 g/mol. The fraction of sp³-hybridized carbons (Fsp3) is 0.300. The number of benzene rings is 1. The number of anilines is 2. The van der Waals surface area contributed by atoms with Gasteiger partial charge in [0.05, 0.1) is 5.69 Å². The number of carbonyl (C=O) groups excluding carboxylic acids is 1. The normalized spacial score (nSPS) is 12.8. The zero-order valence-corrected chi connectivity index (χ0v) is 11.1. The van der Waals surface area contributed by atoms with Crippen molar-refractivity contribution >= 4 is 27.5 Å². The Morgan fingerprint density at radius 2 is 2.05 bits per heavy atom. The number of hydrogen-bond acceptors (Lipinski definition) is 5. The van der Waals surface area contributed by atoms with Crippen LogP contribution in [0.5, 0.6) is 0 Å². The minimum Gasteiger partial charge on any atom is -0.370 e. The molecule has 19 heavy (non-hydrogen) atoms. The molecule has 1 aromatic rings. The summed E-state index contributed by atoms with van der Waals surface area (Å²) in [4.78, 5) is 11.7. The van der Waals surface area contributed by atoms with Crippen LogP contribution in [0.15, 0.2) is 24.3 Å². The van der Waals surface area contributed by atoms with Crippen molar-refractivity contribution in [1.29, 1.82) is 0 Å². The van der Waals surface area contributed by atoms with Crippen LogP contribution in [0, 0.1) is 0 Å². The lowest BCUT2D eigenvalue weighted by Crippen LogP contribution is -2.35. The van der Waals surface area contributed by atoms with Crippen molar-refractivity contribution in [2.24, 2.45) is 10.9 Å². The molecule has 0 aliphatic rings. The van der Waals surface area contributed by atoms with Gasteiger partial charge < -0.3 is 15.8 Å². The number of ether oxygens (including phenoxy) is 1. The molecule has 0 aliphatic heterocycles. The smallest absolute Gasteiger partial charge is 0.296 e. The summed E-state index contributed by atoms with van der Waals surface area (Å²) >= 11 is 0. The zero-order valence-electron chi connectivity index (χ0n) is 10.3. The van der Waals surface area contributed by atoms with Crippen molar-refractivity contribution in [1.82, 2.24) is 0 Å². The van der Waals surface area contributed by atoms with Gasteiger partial charge in [-0.25, -0.2) is 5.14 Å². The number of hydrogen-bond donors (Lipinski definition) is 4. The molecule has 1 unspecified atom stereocenters. The lowest BCUT2D eigenvalue weighted by Gasteiger charge is -2.13. The molecule has 1 aromatic carbocycles. The Kier molecular flexibility index (Phi) is 5.24. The summed E-state index contributed by atoms with van der Waals surface area (Å²) in [5.74, 6) is -0.419. The summed E-state index contributed by atoms with van der Waals surface area (Å²) in [5.41, 5.74) is 5.99. The van der Waals surface area contributed by atoms with Gasteiger partial charge >= 0.3 is 0 Å². The van der Waals surface area contributed by atoms with Crippen LogP contribution >= 0.6 is 0 Å². The minimum absolute atomic E-state index is 0.0391. The van der Waals surface area contributed by atoms with Gasteiger partial charge in [-0.15, -0.1) is 0 Å². The minimum atomic E-state index is -3.86. The second-order valence-electron chi connectivity index (χ2n) is 3.68. The van der Waals surface area contributed by atoms with E-state index in [2.05, 4.69) is 10.0 Å². The predicted octanol–water partition coefficient (Wildman–Crippen LogP) is -0.786. The van der Waals surface area contributed by atoms with E-state index in [-0.39, 0.29) is 12.2 Å². The third kappa shape index (κ3) is 5.22. The molecule has 0 spiro atoms. The molecular weight excluding hydrogens is 272 g/mol. The summed E-state index contributed by atoms with van der Waals surface area (Å²) < 4.78 is 28.7. The molecular formula is C10H16N4O4S. The number of methoxy groups -OCH3 is 1. The molecule has 6 N–H and O–H groups in total. The molecule has 0 bridgehead atoms. The Morgan fingerprint density at radius 3 is 2.58 bits per heavy atom. The quantitative estimate of drug-likeness (QED) is 0.544. The van der Waals surface area contributed by atoms with Crippen LogP contribution < -0.4 is 20.9 Å². The van der Waals surface area contributed by atoms with Gasteiger partial charge in [-0.3, -0.25) is 9.52 Å². The van der Waals surface area contributed by atoms with Gasteiger partial charge in [-0.2, -0.15) is 8.42 Å². The number of rotatable bonds is 6. The number of amides is 1. The lowest BCUT2D eigenvalue weighted by molar-refractivity contribution is -0.125. The Bertz CT molecular complexity index is 542. The van der Waals surface area contributed by atoms with Gasteiger partial charge in [0, 0.05) is 19.3 Å². The SMILES string of the molecule is COC(CN)C(=O)Nc1cccc(NS(N)(=O)=O)c1. The van der Waals surface area contributed by atoms with E-state index >= 15 is 0 Å². The first-order valence-electron chi connectivity index (χ1n) is 5.30. The summed E-state index contributed by atoms with van der Waals surface area (Å²) in [6, 6.07) is 6.07. The van der Waals surface area contributed by atoms with E-state index in [4.69, 9.17) is 15.6 Å². The summed E-state index contributed by atoms with van der Waals surface area (Å²) in [5, 5.41) is 7.40. The average Bonchev–Trinajstić information content (AvgIpc) is 2.28. The summed E-state index contributed by atoms with van der Waals surface area (Å²) in [7, 11) is -2.48. The zero-order chi connectivity index (χ0) is 14.5. The van der Waals surface area contributed by atoms with Crippen LogP contribution in [0.2, 0.25) is 0 Å². The maximum Gasteiger partial charge on any atom is 0.296 e. The molecule has 0 aromatic heterocycles. The van der Waals surface area contributed by atoms with Crippen molar-refractivity contribution in [3.63, 3.8) is 0 Å². The third-order valence-electron chi connectivity index (χ3n) is 2.18. The van der Waals surface area contributed by atoms with E-state index in [1.165, 1.54) is 19.2 Å². The van der Waals surface area contributed by atoms with Gasteiger partial charge in [0.15, 0.2) is 0 Å². The first-order valence-corrected chi connectivity index (χ1v) is 6.84. The standard InChI is InChI=1S/C10H16N4O4S/c1-18-9(6-11)10(15)13-7-3-2-4-8(5-7)14-19(12,16)17/h2-5,9,14H,6,11H2,1H3,(H,13,15)(H2,12,16,17). The highest BCUT2D eigenvalue weighted by atomic mass is 32.2. The number of carbonyl (C=O) groups is 1. The Hall–Kier alpha value is -1.68. The Balaban J connectivity index is 2.80. The van der Waals surface area contributed by atoms with Crippen LogP contribution in [0.3, 0.4) is 0 Å². The van der Waals surface area contributed by atoms with Crippen LogP contribution in [0.25, 0.3) is 0 Å². The molecule has 9 heteroatoms. The second kappa shape index (κ2) is 6.48. The van der Waals surface area contributed by atoms with Crippen LogP contribution in [-0.4, -0.2) is 34.1 Å². The first kappa shape index (κ1) is 15.4. The highest BCUT2D eigenvalue weighted by Gasteiger charge is 2.15. The topological polar surface area (TPSA) is 137 Å². The molecule has 0 aliphatic carbocycles. The van der Waals surface area contributed by atoms with Crippen LogP contribution in [0.1, 0.15) is 0 Å². The predicted molar refractivity (Wildman–Crippen MR) is 71.7 cm³/mol. The van der Waals surface area contributed by atoms with Crippen molar-refractivity contribution in [2.45, 2.75) is 6.10 Å². The molecule has 0 saturated carbocycles. The monoisotopic (exact) mass is 288 g/mol. The first-order chi connectivity index (χ1) is 8.85. The van der Waals surface area contributed by atoms with Crippen molar-refractivity contribution < 1.29 is 17.9 Å². The fourth-order valence-electron chi connectivity index (χ4n) is 1.36. The molecule has 0 heterocycles. The summed E-state index contributed by atoms with van der Waals surface area (Å²) in [6.45, 7) is 0.0391. The lowest BCUT2D eigenvalue weighted by atomic mass is 10.2. The maximum atomic E-state index is 11.7. The van der Waals surface area contributed by atoms with Crippen LogP contribution in [-0.2, 0) is 19.7 Å². The van der Waals surface area contributed by atoms with Crippen molar-refractivity contribution in [3.05, 3.63) is 24.3 Å². The molecule has 8 nitrogen and oxygen atoms in total. The number of nitrogens with two attached hydrogens (primary N) is 2. The van der Waals surface area contributed by atoms with Crippen molar-refractivity contribution in [2.75, 3.05) is 23.7 Å². The molecule has 1 atom stereocenters. The molecule has 0 radical (unpaired) electrons. The summed E-state index contributed by atoms with van der Waals surface area (Å²) in [6.07, 6.45) is -0.769. The van der Waals surface area contributed by atoms with Crippen LogP contribution in [0.4, 0.5) is 11.4 Å². The van der Waals surface area contributed by atoms with E-state index in [0.717, 1.165) is 0 Å².